The first-order chi connectivity index (χ1) is 22.6. The number of hydrogen-bond donors (Lipinski definition) is 0. The summed E-state index contributed by atoms with van der Waals surface area (Å²) >= 11 is 0. The second-order valence-electron chi connectivity index (χ2n) is 21.7. The number of rotatable bonds is 6. The van der Waals surface area contributed by atoms with Crippen molar-refractivity contribution in [3.05, 3.63) is 0 Å². The van der Waals surface area contributed by atoms with Gasteiger partial charge in [0.15, 0.2) is 0 Å². The summed E-state index contributed by atoms with van der Waals surface area (Å²) in [5, 5.41) is 0. The standard InChI is InChI=1S/C47H80/c1-9-45(7,10-2)36-26-37(46(8,11-3)12-4)28-47(27-36)42-18-17-38-39-23-34-20-30(6)29(5)19-33(34)21-35(39)24-40(38)44(42)41-22-31-15-13-14-16-32(31)25-43(41)47/h29-44H,9-28H2,1-8H3. The third-order valence-corrected chi connectivity index (χ3v) is 20.9. The Morgan fingerprint density at radius 2 is 1.00 bits per heavy atom. The van der Waals surface area contributed by atoms with Gasteiger partial charge in [-0.3, -0.25) is 0 Å². The second kappa shape index (κ2) is 12.6. The van der Waals surface area contributed by atoms with Crippen LogP contribution in [0.2, 0.25) is 0 Å². The molecule has 1 spiro atoms. The molecule has 8 fully saturated rings. The lowest BCUT2D eigenvalue weighted by atomic mass is 9.46. The van der Waals surface area contributed by atoms with Crippen molar-refractivity contribution in [2.24, 2.45) is 111 Å². The molecule has 0 aliphatic heterocycles. The zero-order chi connectivity index (χ0) is 32.9. The van der Waals surface area contributed by atoms with Gasteiger partial charge in [0.1, 0.15) is 0 Å². The van der Waals surface area contributed by atoms with Crippen molar-refractivity contribution < 1.29 is 0 Å². The van der Waals surface area contributed by atoms with Crippen molar-refractivity contribution in [2.75, 3.05) is 0 Å². The zero-order valence-electron chi connectivity index (χ0n) is 32.9. The predicted molar refractivity (Wildman–Crippen MR) is 201 cm³/mol. The molecule has 0 amide bonds. The summed E-state index contributed by atoms with van der Waals surface area (Å²) < 4.78 is 0. The van der Waals surface area contributed by atoms with E-state index < -0.39 is 0 Å². The van der Waals surface area contributed by atoms with Crippen LogP contribution < -0.4 is 0 Å². The van der Waals surface area contributed by atoms with Gasteiger partial charge in [0, 0.05) is 0 Å². The molecule has 0 aromatic heterocycles. The summed E-state index contributed by atoms with van der Waals surface area (Å²) in [6.45, 7) is 21.0. The summed E-state index contributed by atoms with van der Waals surface area (Å²) in [4.78, 5) is 0. The minimum Gasteiger partial charge on any atom is -0.0649 e. The molecular formula is C47H80. The van der Waals surface area contributed by atoms with E-state index in [0.29, 0.717) is 16.2 Å². The molecule has 0 heterocycles. The maximum atomic E-state index is 2.75. The molecule has 268 valence electrons. The number of hydrogen-bond acceptors (Lipinski definition) is 0. The summed E-state index contributed by atoms with van der Waals surface area (Å²) in [6, 6.07) is 0. The van der Waals surface area contributed by atoms with Gasteiger partial charge in [0.05, 0.1) is 0 Å². The lowest BCUT2D eigenvalue weighted by Gasteiger charge is -2.59. The molecule has 0 aromatic rings. The highest BCUT2D eigenvalue weighted by atomic mass is 14.7. The van der Waals surface area contributed by atoms with Crippen LogP contribution in [0.15, 0.2) is 0 Å². The summed E-state index contributed by atoms with van der Waals surface area (Å²) in [7, 11) is 0. The summed E-state index contributed by atoms with van der Waals surface area (Å²) in [5.74, 6) is 17.0. The molecule has 16 unspecified atom stereocenters. The molecule has 8 rings (SSSR count). The van der Waals surface area contributed by atoms with Crippen LogP contribution in [0.5, 0.6) is 0 Å². The van der Waals surface area contributed by atoms with E-state index in [1.807, 2.05) is 0 Å². The molecule has 8 aliphatic carbocycles. The maximum Gasteiger partial charge on any atom is -0.0230 e. The summed E-state index contributed by atoms with van der Waals surface area (Å²) in [6.07, 6.45) is 31.4. The Morgan fingerprint density at radius 3 is 1.60 bits per heavy atom. The van der Waals surface area contributed by atoms with Gasteiger partial charge in [-0.2, -0.15) is 0 Å². The lowest BCUT2D eigenvalue weighted by Crippen LogP contribution is -2.50. The molecule has 16 atom stereocenters. The average Bonchev–Trinajstić information content (AvgIpc) is 3.57. The topological polar surface area (TPSA) is 0 Å². The van der Waals surface area contributed by atoms with Gasteiger partial charge in [0.25, 0.3) is 0 Å². The first-order valence-electron chi connectivity index (χ1n) is 22.6. The molecule has 0 bridgehead atoms. The summed E-state index contributed by atoms with van der Waals surface area (Å²) in [5.41, 5.74) is 1.74. The van der Waals surface area contributed by atoms with Gasteiger partial charge >= 0.3 is 0 Å². The van der Waals surface area contributed by atoms with E-state index in [-0.39, 0.29) is 0 Å². The van der Waals surface area contributed by atoms with Crippen LogP contribution in [0.1, 0.15) is 184 Å². The SMILES string of the molecule is CCC(C)(CC)C1CC(C(C)(CC)CC)CC2(C1)C1CC3CCCCC3CC1C1C3CC4CC5CC(C)C(C)CC5CC4C3CCC12. The largest absolute Gasteiger partial charge is 0.0649 e. The van der Waals surface area contributed by atoms with E-state index in [4.69, 9.17) is 0 Å². The Balaban J connectivity index is 1.17. The van der Waals surface area contributed by atoms with Gasteiger partial charge in [-0.1, -0.05) is 107 Å². The second-order valence-corrected chi connectivity index (χ2v) is 21.7. The normalized spacial score (nSPS) is 52.6. The first kappa shape index (κ1) is 34.1. The minimum atomic E-state index is 0.535. The molecule has 0 N–H and O–H groups in total. The fourth-order valence-corrected chi connectivity index (χ4v) is 17.3. The van der Waals surface area contributed by atoms with E-state index in [2.05, 4.69) is 55.4 Å². The number of fused-ring (bicyclic) bond motifs is 11. The van der Waals surface area contributed by atoms with Crippen LogP contribution in [0.4, 0.5) is 0 Å². The molecule has 0 heteroatoms. The van der Waals surface area contributed by atoms with Gasteiger partial charge < -0.3 is 0 Å². The Hall–Kier alpha value is 0. The monoisotopic (exact) mass is 645 g/mol. The molecular weight excluding hydrogens is 565 g/mol. The van der Waals surface area contributed by atoms with Crippen LogP contribution in [-0.4, -0.2) is 0 Å². The quantitative estimate of drug-likeness (QED) is 0.270. The van der Waals surface area contributed by atoms with Gasteiger partial charge in [-0.05, 0) is 188 Å². The first-order valence-corrected chi connectivity index (χ1v) is 22.6. The third-order valence-electron chi connectivity index (χ3n) is 20.9. The minimum absolute atomic E-state index is 0.535. The van der Waals surface area contributed by atoms with Crippen molar-refractivity contribution in [1.29, 1.82) is 0 Å². The fourth-order valence-electron chi connectivity index (χ4n) is 17.3. The van der Waals surface area contributed by atoms with Crippen LogP contribution in [0.25, 0.3) is 0 Å². The van der Waals surface area contributed by atoms with E-state index in [1.54, 1.807) is 103 Å². The molecule has 47 heavy (non-hydrogen) atoms. The van der Waals surface area contributed by atoms with E-state index in [0.717, 1.165) is 94.7 Å². The van der Waals surface area contributed by atoms with E-state index >= 15 is 0 Å². The van der Waals surface area contributed by atoms with Crippen molar-refractivity contribution in [1.82, 2.24) is 0 Å². The van der Waals surface area contributed by atoms with E-state index in [1.165, 1.54) is 25.7 Å². The molecule has 8 aliphatic rings. The molecule has 0 nitrogen and oxygen atoms in total. The average molecular weight is 645 g/mol. The van der Waals surface area contributed by atoms with Crippen molar-refractivity contribution in [3.8, 4) is 0 Å². The van der Waals surface area contributed by atoms with Crippen LogP contribution in [0.3, 0.4) is 0 Å². The molecule has 8 saturated carbocycles. The highest BCUT2D eigenvalue weighted by molar-refractivity contribution is 5.17. The third kappa shape index (κ3) is 5.27. The molecule has 0 aromatic carbocycles. The van der Waals surface area contributed by atoms with Crippen LogP contribution in [-0.2, 0) is 0 Å². The maximum absolute atomic E-state index is 2.75. The lowest BCUT2D eigenvalue weighted by molar-refractivity contribution is -0.0929. The van der Waals surface area contributed by atoms with Crippen molar-refractivity contribution >= 4 is 0 Å². The fraction of sp³-hybridized carbons (Fsp3) is 1.00. The van der Waals surface area contributed by atoms with Gasteiger partial charge in [-0.15, -0.1) is 0 Å². The highest BCUT2D eigenvalue weighted by Crippen LogP contribution is 2.76. The predicted octanol–water partition coefficient (Wildman–Crippen LogP) is 13.9. The molecule has 0 radical (unpaired) electrons. The Morgan fingerprint density at radius 1 is 0.468 bits per heavy atom. The van der Waals surface area contributed by atoms with Crippen LogP contribution in [0, 0.1) is 111 Å². The van der Waals surface area contributed by atoms with Gasteiger partial charge in [-0.25, -0.2) is 0 Å². The zero-order valence-corrected chi connectivity index (χ0v) is 32.9. The van der Waals surface area contributed by atoms with E-state index in [9.17, 15) is 0 Å². The Labute approximate surface area is 293 Å². The Kier molecular flexibility index (Phi) is 9.14. The smallest absolute Gasteiger partial charge is 0.0230 e. The van der Waals surface area contributed by atoms with Crippen molar-refractivity contribution in [3.63, 3.8) is 0 Å². The molecule has 0 saturated heterocycles. The van der Waals surface area contributed by atoms with Crippen LogP contribution >= 0.6 is 0 Å². The van der Waals surface area contributed by atoms with Gasteiger partial charge in [0.2, 0.25) is 0 Å². The van der Waals surface area contributed by atoms with Crippen molar-refractivity contribution in [2.45, 2.75) is 184 Å². The Bertz CT molecular complexity index is 1070. The highest BCUT2D eigenvalue weighted by Gasteiger charge is 2.69.